The highest BCUT2D eigenvalue weighted by Crippen LogP contribution is 2.24. The van der Waals surface area contributed by atoms with E-state index in [1.807, 2.05) is 24.5 Å². The van der Waals surface area contributed by atoms with E-state index in [4.69, 9.17) is 0 Å². The number of pyridine rings is 1. The fourth-order valence-corrected chi connectivity index (χ4v) is 4.84. The summed E-state index contributed by atoms with van der Waals surface area (Å²) in [4.78, 5) is 21.9. The number of aromatic nitrogens is 1. The molecule has 0 unspecified atom stereocenters. The SMILES string of the molecule is O=C(NCCc1ccccc1)C1CCN(C2CCN(Cc3cccnc3)CC2)CC1. The van der Waals surface area contributed by atoms with Gasteiger partial charge in [0, 0.05) is 37.4 Å². The van der Waals surface area contributed by atoms with Gasteiger partial charge in [-0.05, 0) is 75.5 Å². The fourth-order valence-electron chi connectivity index (χ4n) is 4.84. The number of carbonyl (C=O) groups is 1. The molecule has 5 heteroatoms. The van der Waals surface area contributed by atoms with Crippen LogP contribution in [0, 0.1) is 5.92 Å². The predicted molar refractivity (Wildman–Crippen MR) is 120 cm³/mol. The van der Waals surface area contributed by atoms with Crippen LogP contribution in [0.3, 0.4) is 0 Å². The molecular formula is C25H34N4O. The lowest BCUT2D eigenvalue weighted by atomic mass is 9.92. The first-order valence-electron chi connectivity index (χ1n) is 11.4. The maximum absolute atomic E-state index is 12.5. The summed E-state index contributed by atoms with van der Waals surface area (Å²) in [6.07, 6.45) is 9.16. The first kappa shape index (κ1) is 21.0. The summed E-state index contributed by atoms with van der Waals surface area (Å²) in [6, 6.07) is 15.2. The van der Waals surface area contributed by atoms with Crippen LogP contribution in [0.5, 0.6) is 0 Å². The van der Waals surface area contributed by atoms with Gasteiger partial charge < -0.3 is 10.2 Å². The molecule has 0 radical (unpaired) electrons. The molecule has 1 aromatic heterocycles. The Kier molecular flexibility index (Phi) is 7.49. The number of benzene rings is 1. The van der Waals surface area contributed by atoms with Crippen LogP contribution < -0.4 is 5.32 Å². The number of amides is 1. The summed E-state index contributed by atoms with van der Waals surface area (Å²) in [5, 5.41) is 3.15. The molecule has 30 heavy (non-hydrogen) atoms. The maximum Gasteiger partial charge on any atom is 0.223 e. The van der Waals surface area contributed by atoms with Gasteiger partial charge in [0.25, 0.3) is 0 Å². The van der Waals surface area contributed by atoms with Gasteiger partial charge in [-0.2, -0.15) is 0 Å². The minimum atomic E-state index is 0.183. The van der Waals surface area contributed by atoms with E-state index in [1.165, 1.54) is 24.0 Å². The Morgan fingerprint density at radius 2 is 1.67 bits per heavy atom. The van der Waals surface area contributed by atoms with Crippen LogP contribution in [-0.2, 0) is 17.8 Å². The Balaban J connectivity index is 1.14. The van der Waals surface area contributed by atoms with E-state index < -0.39 is 0 Å². The Hall–Kier alpha value is -2.24. The van der Waals surface area contributed by atoms with E-state index in [0.29, 0.717) is 6.04 Å². The summed E-state index contributed by atoms with van der Waals surface area (Å²) in [5.41, 5.74) is 2.58. The molecule has 4 rings (SSSR count). The second-order valence-electron chi connectivity index (χ2n) is 8.71. The van der Waals surface area contributed by atoms with Crippen LogP contribution in [0.2, 0.25) is 0 Å². The third-order valence-electron chi connectivity index (χ3n) is 6.66. The minimum absolute atomic E-state index is 0.183. The van der Waals surface area contributed by atoms with Crippen molar-refractivity contribution in [1.29, 1.82) is 0 Å². The zero-order chi connectivity index (χ0) is 20.6. The van der Waals surface area contributed by atoms with Gasteiger partial charge in [0.1, 0.15) is 0 Å². The monoisotopic (exact) mass is 406 g/mol. The molecule has 160 valence electrons. The molecule has 0 aliphatic carbocycles. The smallest absolute Gasteiger partial charge is 0.223 e. The number of piperidine rings is 2. The van der Waals surface area contributed by atoms with Crippen LogP contribution in [0.15, 0.2) is 54.9 Å². The van der Waals surface area contributed by atoms with Crippen molar-refractivity contribution in [1.82, 2.24) is 20.1 Å². The summed E-state index contributed by atoms with van der Waals surface area (Å²) in [5.74, 6) is 0.430. The van der Waals surface area contributed by atoms with Crippen LogP contribution in [0.25, 0.3) is 0 Å². The average molecular weight is 407 g/mol. The van der Waals surface area contributed by atoms with Crippen molar-refractivity contribution < 1.29 is 4.79 Å². The van der Waals surface area contributed by atoms with E-state index in [9.17, 15) is 4.79 Å². The lowest BCUT2D eigenvalue weighted by Gasteiger charge is -2.41. The van der Waals surface area contributed by atoms with Crippen LogP contribution in [0.4, 0.5) is 0 Å². The van der Waals surface area contributed by atoms with Crippen molar-refractivity contribution in [3.05, 3.63) is 66.0 Å². The molecule has 2 aromatic rings. The van der Waals surface area contributed by atoms with E-state index in [2.05, 4.69) is 50.4 Å². The lowest BCUT2D eigenvalue weighted by Crippen LogP contribution is -2.49. The van der Waals surface area contributed by atoms with Crippen molar-refractivity contribution in [2.45, 2.75) is 44.7 Å². The minimum Gasteiger partial charge on any atom is -0.356 e. The molecule has 1 aromatic carbocycles. The third kappa shape index (κ3) is 5.89. The predicted octanol–water partition coefficient (Wildman–Crippen LogP) is 3.12. The molecule has 1 N–H and O–H groups in total. The molecule has 2 aliphatic heterocycles. The number of carbonyl (C=O) groups excluding carboxylic acids is 1. The highest BCUT2D eigenvalue weighted by atomic mass is 16.1. The molecular weight excluding hydrogens is 372 g/mol. The van der Waals surface area contributed by atoms with Crippen LogP contribution >= 0.6 is 0 Å². The van der Waals surface area contributed by atoms with Crippen molar-refractivity contribution in [3.63, 3.8) is 0 Å². The first-order valence-corrected chi connectivity index (χ1v) is 11.4. The molecule has 0 atom stereocenters. The Morgan fingerprint density at radius 1 is 0.933 bits per heavy atom. The Labute approximate surface area is 180 Å². The average Bonchev–Trinajstić information content (AvgIpc) is 2.81. The van der Waals surface area contributed by atoms with Gasteiger partial charge in [-0.1, -0.05) is 36.4 Å². The molecule has 2 saturated heterocycles. The number of rotatable bonds is 7. The lowest BCUT2D eigenvalue weighted by molar-refractivity contribution is -0.126. The van der Waals surface area contributed by atoms with E-state index >= 15 is 0 Å². The maximum atomic E-state index is 12.5. The van der Waals surface area contributed by atoms with Crippen molar-refractivity contribution in [2.75, 3.05) is 32.7 Å². The van der Waals surface area contributed by atoms with E-state index in [1.54, 1.807) is 0 Å². The zero-order valence-corrected chi connectivity index (χ0v) is 17.9. The van der Waals surface area contributed by atoms with Gasteiger partial charge in [-0.15, -0.1) is 0 Å². The fraction of sp³-hybridized carbons (Fsp3) is 0.520. The van der Waals surface area contributed by atoms with Gasteiger partial charge in [0.2, 0.25) is 5.91 Å². The quantitative estimate of drug-likeness (QED) is 0.768. The summed E-state index contributed by atoms with van der Waals surface area (Å²) in [6.45, 7) is 6.16. The summed E-state index contributed by atoms with van der Waals surface area (Å²) in [7, 11) is 0. The number of hydrogen-bond donors (Lipinski definition) is 1. The number of hydrogen-bond acceptors (Lipinski definition) is 4. The van der Waals surface area contributed by atoms with Gasteiger partial charge in [0.05, 0.1) is 0 Å². The molecule has 0 saturated carbocycles. The zero-order valence-electron chi connectivity index (χ0n) is 17.9. The number of likely N-dealkylation sites (tertiary alicyclic amines) is 2. The summed E-state index contributed by atoms with van der Waals surface area (Å²) < 4.78 is 0. The van der Waals surface area contributed by atoms with E-state index in [0.717, 1.165) is 58.5 Å². The highest BCUT2D eigenvalue weighted by molar-refractivity contribution is 5.78. The largest absolute Gasteiger partial charge is 0.356 e. The van der Waals surface area contributed by atoms with Gasteiger partial charge in [0.15, 0.2) is 0 Å². The molecule has 0 spiro atoms. The third-order valence-corrected chi connectivity index (χ3v) is 6.66. The summed E-state index contributed by atoms with van der Waals surface area (Å²) >= 11 is 0. The van der Waals surface area contributed by atoms with Crippen molar-refractivity contribution in [3.8, 4) is 0 Å². The number of nitrogens with one attached hydrogen (secondary N) is 1. The molecule has 2 aliphatic rings. The number of nitrogens with zero attached hydrogens (tertiary/aromatic N) is 3. The van der Waals surface area contributed by atoms with Crippen LogP contribution in [-0.4, -0.2) is 59.5 Å². The van der Waals surface area contributed by atoms with Crippen molar-refractivity contribution >= 4 is 5.91 Å². The Bertz CT molecular complexity index is 766. The molecule has 5 nitrogen and oxygen atoms in total. The normalized spacial score (nSPS) is 19.6. The molecule has 2 fully saturated rings. The van der Waals surface area contributed by atoms with Gasteiger partial charge in [-0.3, -0.25) is 14.7 Å². The molecule has 0 bridgehead atoms. The van der Waals surface area contributed by atoms with Crippen LogP contribution in [0.1, 0.15) is 36.8 Å². The second-order valence-corrected chi connectivity index (χ2v) is 8.71. The Morgan fingerprint density at radius 3 is 2.37 bits per heavy atom. The highest BCUT2D eigenvalue weighted by Gasteiger charge is 2.30. The van der Waals surface area contributed by atoms with E-state index in [-0.39, 0.29) is 11.8 Å². The standard InChI is InChI=1S/C25H34N4O/c30-25(27-14-8-21-5-2-1-3-6-21)23-9-17-29(18-10-23)24-11-15-28(16-12-24)20-22-7-4-13-26-19-22/h1-7,13,19,23-24H,8-12,14-18,20H2,(H,27,30). The van der Waals surface area contributed by atoms with Gasteiger partial charge >= 0.3 is 0 Å². The van der Waals surface area contributed by atoms with Gasteiger partial charge in [-0.25, -0.2) is 0 Å². The topological polar surface area (TPSA) is 48.5 Å². The molecule has 1 amide bonds. The second kappa shape index (κ2) is 10.7. The molecule has 3 heterocycles. The van der Waals surface area contributed by atoms with Crippen molar-refractivity contribution in [2.24, 2.45) is 5.92 Å². The first-order chi connectivity index (χ1) is 14.8.